The van der Waals surface area contributed by atoms with Crippen LogP contribution in [0.4, 0.5) is 0 Å². The highest BCUT2D eigenvalue weighted by Gasteiger charge is 2.21. The molecule has 0 unspecified atom stereocenters. The van der Waals surface area contributed by atoms with Gasteiger partial charge < -0.3 is 4.42 Å². The normalized spacial score (nSPS) is 12.0. The van der Waals surface area contributed by atoms with Crippen LogP contribution >= 0.6 is 11.3 Å². The second-order valence-electron chi connectivity index (χ2n) is 10.4. The minimum atomic E-state index is 0.928. The molecule has 1 nitrogen and oxygen atoms in total. The first-order chi connectivity index (χ1) is 19.9. The van der Waals surface area contributed by atoms with Gasteiger partial charge in [0.05, 0.1) is 0 Å². The molecule has 0 saturated carbocycles. The average molecular weight is 527 g/mol. The van der Waals surface area contributed by atoms with E-state index in [0.717, 1.165) is 11.2 Å². The van der Waals surface area contributed by atoms with E-state index in [1.807, 2.05) is 0 Å². The molecule has 40 heavy (non-hydrogen) atoms. The molecule has 2 aromatic heterocycles. The fourth-order valence-corrected chi connectivity index (χ4v) is 7.47. The van der Waals surface area contributed by atoms with Crippen molar-refractivity contribution in [3.05, 3.63) is 133 Å². The van der Waals surface area contributed by atoms with Gasteiger partial charge >= 0.3 is 0 Å². The Kier molecular flexibility index (Phi) is 4.55. The summed E-state index contributed by atoms with van der Waals surface area (Å²) in [4.78, 5) is 0. The van der Waals surface area contributed by atoms with Crippen LogP contribution in [0.1, 0.15) is 0 Å². The van der Waals surface area contributed by atoms with E-state index in [0.29, 0.717) is 0 Å². The first kappa shape index (κ1) is 22.0. The highest BCUT2D eigenvalue weighted by atomic mass is 32.1. The Hall–Kier alpha value is -4.92. The smallest absolute Gasteiger partial charge is 0.144 e. The van der Waals surface area contributed by atoms with E-state index in [9.17, 15) is 0 Å². The summed E-state index contributed by atoms with van der Waals surface area (Å²) in [5.41, 5.74) is 6.93. The zero-order chi connectivity index (χ0) is 26.2. The van der Waals surface area contributed by atoms with Gasteiger partial charge in [0.25, 0.3) is 0 Å². The van der Waals surface area contributed by atoms with Gasteiger partial charge in [0.2, 0.25) is 0 Å². The third kappa shape index (κ3) is 2.97. The third-order valence-electron chi connectivity index (χ3n) is 8.35. The van der Waals surface area contributed by atoms with Crippen LogP contribution in [-0.2, 0) is 0 Å². The molecule has 0 amide bonds. The van der Waals surface area contributed by atoms with Gasteiger partial charge in [-0.05, 0) is 84.2 Å². The van der Waals surface area contributed by atoms with Crippen molar-refractivity contribution in [2.75, 3.05) is 0 Å². The van der Waals surface area contributed by atoms with Crippen LogP contribution in [-0.4, -0.2) is 0 Å². The summed E-state index contributed by atoms with van der Waals surface area (Å²) in [5, 5.41) is 13.2. The van der Waals surface area contributed by atoms with Crippen molar-refractivity contribution in [1.29, 1.82) is 0 Å². The summed E-state index contributed by atoms with van der Waals surface area (Å²) in [6, 6.07) is 46.3. The lowest BCUT2D eigenvalue weighted by atomic mass is 9.84. The molecular weight excluding hydrogens is 504 g/mol. The molecule has 0 aliphatic carbocycles. The Labute approximate surface area is 234 Å². The van der Waals surface area contributed by atoms with Crippen molar-refractivity contribution in [2.24, 2.45) is 0 Å². The fraction of sp³-hybridized carbons (Fsp3) is 0. The zero-order valence-electron chi connectivity index (χ0n) is 21.5. The third-order valence-corrected chi connectivity index (χ3v) is 9.24. The van der Waals surface area contributed by atoms with E-state index in [-0.39, 0.29) is 0 Å². The average Bonchev–Trinajstić information content (AvgIpc) is 3.64. The number of thiophene rings is 1. The van der Waals surface area contributed by atoms with Crippen LogP contribution in [0.5, 0.6) is 0 Å². The van der Waals surface area contributed by atoms with Crippen molar-refractivity contribution in [2.45, 2.75) is 0 Å². The highest BCUT2D eigenvalue weighted by molar-refractivity contribution is 7.17. The maximum atomic E-state index is 6.56. The molecule has 0 radical (unpaired) electrons. The van der Waals surface area contributed by atoms with E-state index in [4.69, 9.17) is 4.42 Å². The second-order valence-corrected chi connectivity index (χ2v) is 11.4. The molecule has 2 heterocycles. The van der Waals surface area contributed by atoms with Crippen molar-refractivity contribution < 1.29 is 4.42 Å². The summed E-state index contributed by atoms with van der Waals surface area (Å²) in [5.74, 6) is 0. The summed E-state index contributed by atoms with van der Waals surface area (Å²) in [7, 11) is 0. The first-order valence-electron chi connectivity index (χ1n) is 13.6. The molecule has 0 aliphatic heterocycles. The van der Waals surface area contributed by atoms with Crippen LogP contribution in [0.2, 0.25) is 0 Å². The molecule has 0 atom stereocenters. The van der Waals surface area contributed by atoms with Crippen molar-refractivity contribution >= 4 is 75.7 Å². The lowest BCUT2D eigenvalue weighted by Gasteiger charge is -2.19. The predicted molar refractivity (Wildman–Crippen MR) is 172 cm³/mol. The molecular formula is C38H22OS. The van der Waals surface area contributed by atoms with E-state index in [1.165, 1.54) is 75.4 Å². The van der Waals surface area contributed by atoms with E-state index < -0.39 is 0 Å². The lowest BCUT2D eigenvalue weighted by molar-refractivity contribution is 0.673. The maximum absolute atomic E-state index is 6.56. The van der Waals surface area contributed by atoms with Gasteiger partial charge in [0.15, 0.2) is 0 Å². The van der Waals surface area contributed by atoms with E-state index in [2.05, 4.69) is 133 Å². The van der Waals surface area contributed by atoms with Crippen LogP contribution in [0.3, 0.4) is 0 Å². The summed E-state index contributed by atoms with van der Waals surface area (Å²) in [6.45, 7) is 0. The Morgan fingerprint density at radius 2 is 1.02 bits per heavy atom. The first-order valence-corrected chi connectivity index (χ1v) is 14.5. The largest absolute Gasteiger partial charge is 0.455 e. The van der Waals surface area contributed by atoms with Crippen LogP contribution in [0, 0.1) is 0 Å². The minimum Gasteiger partial charge on any atom is -0.455 e. The van der Waals surface area contributed by atoms with Gasteiger partial charge in [-0.2, -0.15) is 0 Å². The summed E-state index contributed by atoms with van der Waals surface area (Å²) in [6.07, 6.45) is 0. The van der Waals surface area contributed by atoms with Gasteiger partial charge in [0.1, 0.15) is 11.2 Å². The molecule has 0 saturated heterocycles. The standard InChI is InChI=1S/C38H22OS/c1-2-11-24-23(9-1)10-7-16-25(24)35-26-12-3-5-14-28(26)36(29-15-6-4-13-27(29)35)31-17-8-18-33-37(31)32-19-20-34-30(21-22-40-34)38(32)39-33/h1-22H. The number of fused-ring (bicyclic) bond motifs is 8. The zero-order valence-corrected chi connectivity index (χ0v) is 22.3. The molecule has 0 spiro atoms. The number of furan rings is 1. The fourth-order valence-electron chi connectivity index (χ4n) is 6.69. The van der Waals surface area contributed by atoms with Crippen LogP contribution in [0.25, 0.3) is 86.6 Å². The minimum absolute atomic E-state index is 0.928. The van der Waals surface area contributed by atoms with E-state index in [1.54, 1.807) is 11.3 Å². The van der Waals surface area contributed by atoms with Crippen molar-refractivity contribution in [3.8, 4) is 22.3 Å². The van der Waals surface area contributed by atoms with E-state index >= 15 is 0 Å². The van der Waals surface area contributed by atoms with Gasteiger partial charge in [-0.25, -0.2) is 0 Å². The van der Waals surface area contributed by atoms with Crippen molar-refractivity contribution in [3.63, 3.8) is 0 Å². The highest BCUT2D eigenvalue weighted by Crippen LogP contribution is 2.48. The monoisotopic (exact) mass is 526 g/mol. The van der Waals surface area contributed by atoms with Crippen LogP contribution < -0.4 is 0 Å². The SMILES string of the molecule is c1ccc2c(-c3c4ccccc4c(-c4cccc5oc6c7ccsc7ccc6c45)c4ccccc34)cccc2c1. The Morgan fingerprint density at radius 3 is 1.77 bits per heavy atom. The Bertz CT molecular complexity index is 2380. The van der Waals surface area contributed by atoms with Gasteiger partial charge in [-0.15, -0.1) is 11.3 Å². The number of hydrogen-bond acceptors (Lipinski definition) is 2. The predicted octanol–water partition coefficient (Wildman–Crippen LogP) is 11.6. The molecule has 0 aliphatic rings. The molecule has 7 aromatic carbocycles. The van der Waals surface area contributed by atoms with Gasteiger partial charge in [-0.1, -0.05) is 103 Å². The topological polar surface area (TPSA) is 13.1 Å². The molecule has 2 heteroatoms. The molecule has 0 bridgehead atoms. The van der Waals surface area contributed by atoms with Gasteiger partial charge in [0, 0.05) is 20.9 Å². The second kappa shape index (κ2) is 8.29. The molecule has 9 rings (SSSR count). The Morgan fingerprint density at radius 1 is 0.425 bits per heavy atom. The number of rotatable bonds is 2. The van der Waals surface area contributed by atoms with Crippen LogP contribution in [0.15, 0.2) is 137 Å². The maximum Gasteiger partial charge on any atom is 0.144 e. The number of benzene rings is 7. The Balaban J connectivity index is 1.47. The molecule has 0 fully saturated rings. The summed E-state index contributed by atoms with van der Waals surface area (Å²) >= 11 is 1.76. The number of hydrogen-bond donors (Lipinski definition) is 0. The lowest BCUT2D eigenvalue weighted by Crippen LogP contribution is -1.92. The molecule has 186 valence electrons. The van der Waals surface area contributed by atoms with Crippen molar-refractivity contribution in [1.82, 2.24) is 0 Å². The molecule has 9 aromatic rings. The molecule has 0 N–H and O–H groups in total. The summed E-state index contributed by atoms with van der Waals surface area (Å²) < 4.78 is 7.81. The quantitative estimate of drug-likeness (QED) is 0.204. The van der Waals surface area contributed by atoms with Gasteiger partial charge in [-0.3, -0.25) is 0 Å².